The molecule has 16 heavy (non-hydrogen) atoms. The topological polar surface area (TPSA) is 61.5 Å². The van der Waals surface area contributed by atoms with E-state index in [4.69, 9.17) is 22.1 Å². The lowest BCUT2D eigenvalue weighted by atomic mass is 10.2. The summed E-state index contributed by atoms with van der Waals surface area (Å²) in [4.78, 5) is 11.7. The van der Waals surface area contributed by atoms with Crippen molar-refractivity contribution in [2.45, 2.75) is 13.0 Å². The molecule has 0 saturated heterocycles. The summed E-state index contributed by atoms with van der Waals surface area (Å²) in [5.74, 6) is -0.410. The molecule has 0 aliphatic heterocycles. The van der Waals surface area contributed by atoms with Crippen molar-refractivity contribution in [3.63, 3.8) is 0 Å². The van der Waals surface area contributed by atoms with Gasteiger partial charge in [0.2, 0.25) is 0 Å². The Morgan fingerprint density at radius 3 is 2.88 bits per heavy atom. The lowest BCUT2D eigenvalue weighted by Gasteiger charge is -2.09. The number of carbonyl (C=O) groups excluding carboxylic acids is 1. The van der Waals surface area contributed by atoms with Crippen molar-refractivity contribution < 1.29 is 14.3 Å². The van der Waals surface area contributed by atoms with E-state index in [1.165, 1.54) is 18.4 Å². The standard InChI is InChI=1S/C10H14ClNO3S/c1-6-3-8(16-10(6)11)7(12)4-15-5-9(13)14-2/h3,7H,4-5,12H2,1-2H3. The molecule has 90 valence electrons. The average Bonchev–Trinajstić information content (AvgIpc) is 2.59. The molecule has 0 amide bonds. The van der Waals surface area contributed by atoms with Crippen LogP contribution in [0, 0.1) is 6.92 Å². The number of halogens is 1. The molecule has 1 unspecified atom stereocenters. The molecular formula is C10H14ClNO3S. The lowest BCUT2D eigenvalue weighted by Crippen LogP contribution is -2.19. The molecule has 1 heterocycles. The van der Waals surface area contributed by atoms with Gasteiger partial charge in [-0.05, 0) is 18.6 Å². The number of hydrogen-bond acceptors (Lipinski definition) is 5. The predicted molar refractivity (Wildman–Crippen MR) is 63.8 cm³/mol. The second-order valence-electron chi connectivity index (χ2n) is 3.30. The fourth-order valence-electron chi connectivity index (χ4n) is 1.08. The Morgan fingerprint density at radius 2 is 2.38 bits per heavy atom. The molecule has 0 spiro atoms. The van der Waals surface area contributed by atoms with Gasteiger partial charge in [0.15, 0.2) is 0 Å². The van der Waals surface area contributed by atoms with Gasteiger partial charge in [0, 0.05) is 4.88 Å². The number of esters is 1. The summed E-state index contributed by atoms with van der Waals surface area (Å²) < 4.78 is 10.3. The van der Waals surface area contributed by atoms with Gasteiger partial charge in [0.25, 0.3) is 0 Å². The summed E-state index contributed by atoms with van der Waals surface area (Å²) in [6, 6.07) is 1.67. The number of thiophene rings is 1. The first-order valence-electron chi connectivity index (χ1n) is 4.70. The summed E-state index contributed by atoms with van der Waals surface area (Å²) in [7, 11) is 1.31. The van der Waals surface area contributed by atoms with E-state index >= 15 is 0 Å². The van der Waals surface area contributed by atoms with Gasteiger partial charge in [-0.1, -0.05) is 11.6 Å². The number of nitrogens with two attached hydrogens (primary N) is 1. The maximum atomic E-state index is 10.8. The Morgan fingerprint density at radius 1 is 1.69 bits per heavy atom. The molecule has 6 heteroatoms. The van der Waals surface area contributed by atoms with E-state index in [1.807, 2.05) is 13.0 Å². The third kappa shape index (κ3) is 3.75. The molecule has 1 atom stereocenters. The number of rotatable bonds is 5. The fraction of sp³-hybridized carbons (Fsp3) is 0.500. The van der Waals surface area contributed by atoms with Crippen LogP contribution in [0.2, 0.25) is 4.34 Å². The Balaban J connectivity index is 2.40. The molecule has 2 N–H and O–H groups in total. The summed E-state index contributed by atoms with van der Waals surface area (Å²) in [5, 5.41) is 0. The first-order chi connectivity index (χ1) is 7.54. The van der Waals surface area contributed by atoms with Crippen LogP contribution < -0.4 is 5.73 Å². The quantitative estimate of drug-likeness (QED) is 0.825. The molecule has 1 rings (SSSR count). The summed E-state index contributed by atoms with van der Waals surface area (Å²) in [5.41, 5.74) is 6.88. The smallest absolute Gasteiger partial charge is 0.331 e. The number of ether oxygens (including phenoxy) is 2. The molecule has 0 aliphatic carbocycles. The highest BCUT2D eigenvalue weighted by Crippen LogP contribution is 2.30. The highest BCUT2D eigenvalue weighted by Gasteiger charge is 2.12. The summed E-state index contributed by atoms with van der Waals surface area (Å²) in [6.45, 7) is 2.11. The van der Waals surface area contributed by atoms with Crippen LogP contribution in [0.25, 0.3) is 0 Å². The van der Waals surface area contributed by atoms with Crippen LogP contribution in [0.15, 0.2) is 6.07 Å². The third-order valence-electron chi connectivity index (χ3n) is 1.99. The number of aryl methyl sites for hydroxylation is 1. The lowest BCUT2D eigenvalue weighted by molar-refractivity contribution is -0.146. The zero-order chi connectivity index (χ0) is 12.1. The minimum absolute atomic E-state index is 0.0811. The van der Waals surface area contributed by atoms with Gasteiger partial charge >= 0.3 is 5.97 Å². The van der Waals surface area contributed by atoms with Crippen LogP contribution in [0.4, 0.5) is 0 Å². The van der Waals surface area contributed by atoms with E-state index in [9.17, 15) is 4.79 Å². The van der Waals surface area contributed by atoms with Gasteiger partial charge in [-0.15, -0.1) is 11.3 Å². The second kappa shape index (κ2) is 6.20. The van der Waals surface area contributed by atoms with Crippen molar-refractivity contribution in [1.29, 1.82) is 0 Å². The predicted octanol–water partition coefficient (Wildman–Crippen LogP) is 1.90. The van der Waals surface area contributed by atoms with Crippen molar-refractivity contribution in [2.24, 2.45) is 5.73 Å². The van der Waals surface area contributed by atoms with Crippen molar-refractivity contribution >= 4 is 28.9 Å². The monoisotopic (exact) mass is 263 g/mol. The molecule has 0 aromatic carbocycles. The van der Waals surface area contributed by atoms with Gasteiger partial charge in [-0.3, -0.25) is 0 Å². The fourth-order valence-corrected chi connectivity index (χ4v) is 2.28. The molecule has 0 saturated carbocycles. The van der Waals surface area contributed by atoms with E-state index < -0.39 is 5.97 Å². The maximum absolute atomic E-state index is 10.8. The number of carbonyl (C=O) groups is 1. The van der Waals surface area contributed by atoms with Crippen LogP contribution in [0.1, 0.15) is 16.5 Å². The average molecular weight is 264 g/mol. The molecule has 0 bridgehead atoms. The van der Waals surface area contributed by atoms with Crippen LogP contribution in [0.5, 0.6) is 0 Å². The van der Waals surface area contributed by atoms with Gasteiger partial charge in [-0.25, -0.2) is 4.79 Å². The summed E-state index contributed by atoms with van der Waals surface area (Å²) in [6.07, 6.45) is 0. The van der Waals surface area contributed by atoms with Gasteiger partial charge < -0.3 is 15.2 Å². The largest absolute Gasteiger partial charge is 0.467 e. The second-order valence-corrected chi connectivity index (χ2v) is 4.99. The molecule has 0 aliphatic rings. The molecule has 0 radical (unpaired) electrons. The van der Waals surface area contributed by atoms with Crippen LogP contribution in [-0.4, -0.2) is 26.3 Å². The van der Waals surface area contributed by atoms with Gasteiger partial charge in [-0.2, -0.15) is 0 Å². The molecule has 1 aromatic heterocycles. The highest BCUT2D eigenvalue weighted by molar-refractivity contribution is 7.16. The Labute approximate surface area is 103 Å². The Kier molecular flexibility index (Phi) is 5.21. The van der Waals surface area contributed by atoms with E-state index in [0.717, 1.165) is 14.8 Å². The van der Waals surface area contributed by atoms with Crippen LogP contribution in [0.3, 0.4) is 0 Å². The molecule has 1 aromatic rings. The summed E-state index contributed by atoms with van der Waals surface area (Å²) >= 11 is 7.36. The van der Waals surface area contributed by atoms with Crippen molar-refractivity contribution in [3.8, 4) is 0 Å². The van der Waals surface area contributed by atoms with Gasteiger partial charge in [0.05, 0.1) is 24.1 Å². The molecular weight excluding hydrogens is 250 g/mol. The Bertz CT molecular complexity index is 347. The van der Waals surface area contributed by atoms with E-state index in [1.54, 1.807) is 0 Å². The van der Waals surface area contributed by atoms with Gasteiger partial charge in [0.1, 0.15) is 6.61 Å². The SMILES string of the molecule is COC(=O)COCC(N)c1cc(C)c(Cl)s1. The van der Waals surface area contributed by atoms with E-state index in [2.05, 4.69) is 4.74 Å². The van der Waals surface area contributed by atoms with Crippen molar-refractivity contribution in [2.75, 3.05) is 20.3 Å². The Hall–Kier alpha value is -0.620. The maximum Gasteiger partial charge on any atom is 0.331 e. The molecule has 4 nitrogen and oxygen atoms in total. The zero-order valence-electron chi connectivity index (χ0n) is 9.16. The van der Waals surface area contributed by atoms with E-state index in [0.29, 0.717) is 0 Å². The zero-order valence-corrected chi connectivity index (χ0v) is 10.7. The van der Waals surface area contributed by atoms with Crippen LogP contribution >= 0.6 is 22.9 Å². The normalized spacial score (nSPS) is 12.5. The molecule has 0 fully saturated rings. The van der Waals surface area contributed by atoms with Crippen molar-refractivity contribution in [1.82, 2.24) is 0 Å². The third-order valence-corrected chi connectivity index (χ3v) is 3.67. The first-order valence-corrected chi connectivity index (χ1v) is 5.90. The van der Waals surface area contributed by atoms with E-state index in [-0.39, 0.29) is 19.3 Å². The minimum Gasteiger partial charge on any atom is -0.467 e. The number of hydrogen-bond donors (Lipinski definition) is 1. The number of methoxy groups -OCH3 is 1. The van der Waals surface area contributed by atoms with Crippen molar-refractivity contribution in [3.05, 3.63) is 20.8 Å². The van der Waals surface area contributed by atoms with Crippen LogP contribution in [-0.2, 0) is 14.3 Å². The highest BCUT2D eigenvalue weighted by atomic mass is 35.5. The first kappa shape index (κ1) is 13.4. The minimum atomic E-state index is -0.410.